The molecule has 0 atom stereocenters. The molecule has 0 unspecified atom stereocenters. The quantitative estimate of drug-likeness (QED) is 0.724. The van der Waals surface area contributed by atoms with Crippen LogP contribution in [0.2, 0.25) is 20.1 Å². The lowest BCUT2D eigenvalue weighted by molar-refractivity contribution is 1.39. The van der Waals surface area contributed by atoms with Gasteiger partial charge >= 0.3 is 0 Å². The molecule has 1 N–H and O–H groups in total. The van der Waals surface area contributed by atoms with Crippen molar-refractivity contribution < 1.29 is 0 Å². The molecule has 78 valence electrons. The molecule has 0 aliphatic rings. The summed E-state index contributed by atoms with van der Waals surface area (Å²) in [5.41, 5.74) is 0.0419. The molecule has 0 aliphatic heterocycles. The normalized spacial score (nSPS) is 10.9. The summed E-state index contributed by atoms with van der Waals surface area (Å²) in [5.74, 6) is 0. The third-order valence-corrected chi connectivity index (χ3v) is 3.32. The first-order valence-electron chi connectivity index (χ1n) is 3.86. The van der Waals surface area contributed by atoms with Crippen LogP contribution in [-0.4, -0.2) is 4.98 Å². The highest BCUT2D eigenvalue weighted by atomic mass is 35.5. The summed E-state index contributed by atoms with van der Waals surface area (Å²) in [4.78, 5) is 14.5. The Balaban J connectivity index is 3.12. The first-order valence-corrected chi connectivity index (χ1v) is 5.38. The van der Waals surface area contributed by atoms with Crippen LogP contribution < -0.4 is 5.43 Å². The van der Waals surface area contributed by atoms with E-state index in [2.05, 4.69) is 4.98 Å². The standard InChI is InChI=1S/C9H3Cl4NO/c10-3-1-4(11)8-6(7(3)13)9(15)5(12)2-14-8/h1-2H,(H,14,15). The van der Waals surface area contributed by atoms with Crippen molar-refractivity contribution in [3.8, 4) is 0 Å². The Hall–Kier alpha value is -0.410. The highest BCUT2D eigenvalue weighted by Crippen LogP contribution is 2.33. The first-order chi connectivity index (χ1) is 7.02. The molecular weight excluding hydrogens is 280 g/mol. The predicted octanol–water partition coefficient (Wildman–Crippen LogP) is 4.14. The smallest absolute Gasteiger partial charge is 0.209 e. The SMILES string of the molecule is O=c1c(Cl)c[nH]c2c(Cl)cc(Cl)c(Cl)c12. The summed E-state index contributed by atoms with van der Waals surface area (Å²) in [7, 11) is 0. The van der Waals surface area contributed by atoms with E-state index in [4.69, 9.17) is 46.4 Å². The zero-order valence-electron chi connectivity index (χ0n) is 7.07. The molecule has 2 aromatic rings. The molecule has 0 amide bonds. The Labute approximate surface area is 105 Å². The number of fused-ring (bicyclic) bond motifs is 1. The monoisotopic (exact) mass is 281 g/mol. The zero-order chi connectivity index (χ0) is 11.2. The fraction of sp³-hybridized carbons (Fsp3) is 0. The molecule has 0 saturated heterocycles. The van der Waals surface area contributed by atoms with Gasteiger partial charge in [0.15, 0.2) is 0 Å². The van der Waals surface area contributed by atoms with Gasteiger partial charge in [-0.05, 0) is 6.07 Å². The van der Waals surface area contributed by atoms with E-state index in [1.54, 1.807) is 0 Å². The summed E-state index contributed by atoms with van der Waals surface area (Å²) in [5, 5.41) is 0.958. The summed E-state index contributed by atoms with van der Waals surface area (Å²) in [6.07, 6.45) is 1.36. The number of hydrogen-bond donors (Lipinski definition) is 1. The largest absolute Gasteiger partial charge is 0.358 e. The van der Waals surface area contributed by atoms with Gasteiger partial charge in [0.05, 0.1) is 26.0 Å². The maximum atomic E-state index is 11.7. The molecule has 1 aromatic carbocycles. The van der Waals surface area contributed by atoms with Crippen molar-refractivity contribution >= 4 is 57.3 Å². The lowest BCUT2D eigenvalue weighted by Crippen LogP contribution is -2.04. The van der Waals surface area contributed by atoms with Crippen LogP contribution in [0.25, 0.3) is 10.9 Å². The average Bonchev–Trinajstić information content (AvgIpc) is 2.19. The Morgan fingerprint density at radius 1 is 1.00 bits per heavy atom. The number of rotatable bonds is 0. The van der Waals surface area contributed by atoms with Gasteiger partial charge in [0, 0.05) is 6.20 Å². The van der Waals surface area contributed by atoms with Crippen LogP contribution in [0.1, 0.15) is 0 Å². The molecule has 0 spiro atoms. The molecule has 0 radical (unpaired) electrons. The maximum Gasteiger partial charge on any atom is 0.209 e. The molecule has 15 heavy (non-hydrogen) atoms. The van der Waals surface area contributed by atoms with Gasteiger partial charge in [-0.2, -0.15) is 0 Å². The molecular formula is C9H3Cl4NO. The molecule has 0 saturated carbocycles. The topological polar surface area (TPSA) is 32.9 Å². The summed E-state index contributed by atoms with van der Waals surface area (Å²) in [6.45, 7) is 0. The Kier molecular flexibility index (Phi) is 2.86. The number of H-pyrrole nitrogens is 1. The fourth-order valence-corrected chi connectivity index (χ4v) is 2.17. The molecule has 2 nitrogen and oxygen atoms in total. The van der Waals surface area contributed by atoms with Crippen molar-refractivity contribution in [2.24, 2.45) is 0 Å². The molecule has 0 aliphatic carbocycles. The van der Waals surface area contributed by atoms with Crippen LogP contribution in [0.5, 0.6) is 0 Å². The Bertz CT molecular complexity index is 605. The first kappa shape index (κ1) is 11.1. The van der Waals surface area contributed by atoms with Crippen molar-refractivity contribution in [1.82, 2.24) is 4.98 Å². The number of hydrogen-bond acceptors (Lipinski definition) is 1. The van der Waals surface area contributed by atoms with Crippen LogP contribution in [-0.2, 0) is 0 Å². The number of pyridine rings is 1. The minimum Gasteiger partial charge on any atom is -0.358 e. The Morgan fingerprint density at radius 3 is 2.33 bits per heavy atom. The highest BCUT2D eigenvalue weighted by molar-refractivity contribution is 6.47. The maximum absolute atomic E-state index is 11.7. The van der Waals surface area contributed by atoms with Gasteiger partial charge in [-0.3, -0.25) is 4.79 Å². The van der Waals surface area contributed by atoms with E-state index in [1.807, 2.05) is 0 Å². The van der Waals surface area contributed by atoms with Crippen molar-refractivity contribution in [3.63, 3.8) is 0 Å². The van der Waals surface area contributed by atoms with Gasteiger partial charge in [0.1, 0.15) is 5.02 Å². The van der Waals surface area contributed by atoms with Crippen molar-refractivity contribution in [2.75, 3.05) is 0 Å². The molecule has 1 aromatic heterocycles. The second kappa shape index (κ2) is 3.87. The van der Waals surface area contributed by atoms with E-state index in [-0.39, 0.29) is 25.9 Å². The fourth-order valence-electron chi connectivity index (χ4n) is 1.27. The highest BCUT2D eigenvalue weighted by Gasteiger charge is 2.13. The number of aromatic amines is 1. The van der Waals surface area contributed by atoms with Crippen LogP contribution in [0.4, 0.5) is 0 Å². The third-order valence-electron chi connectivity index (χ3n) is 1.96. The second-order valence-electron chi connectivity index (χ2n) is 2.87. The van der Waals surface area contributed by atoms with Crippen LogP contribution in [0.3, 0.4) is 0 Å². The summed E-state index contributed by atoms with van der Waals surface area (Å²) >= 11 is 23.3. The number of aromatic nitrogens is 1. The Morgan fingerprint density at radius 2 is 1.67 bits per heavy atom. The second-order valence-corrected chi connectivity index (χ2v) is 4.47. The molecule has 6 heteroatoms. The third kappa shape index (κ3) is 1.72. The van der Waals surface area contributed by atoms with E-state index >= 15 is 0 Å². The number of nitrogens with one attached hydrogen (secondary N) is 1. The molecule has 0 bridgehead atoms. The van der Waals surface area contributed by atoms with Crippen molar-refractivity contribution in [2.45, 2.75) is 0 Å². The van der Waals surface area contributed by atoms with E-state index < -0.39 is 0 Å². The van der Waals surface area contributed by atoms with Crippen molar-refractivity contribution in [1.29, 1.82) is 0 Å². The lowest BCUT2D eigenvalue weighted by atomic mass is 10.2. The van der Waals surface area contributed by atoms with Gasteiger partial charge in [0.25, 0.3) is 0 Å². The summed E-state index contributed by atoms with van der Waals surface area (Å²) < 4.78 is 0. The molecule has 2 rings (SSSR count). The van der Waals surface area contributed by atoms with Crippen molar-refractivity contribution in [3.05, 3.63) is 42.6 Å². The van der Waals surface area contributed by atoms with Gasteiger partial charge in [-0.15, -0.1) is 0 Å². The minimum absolute atomic E-state index is 0.0442. The van der Waals surface area contributed by atoms with Crippen LogP contribution in [0.15, 0.2) is 17.1 Å². The zero-order valence-corrected chi connectivity index (χ0v) is 10.1. The van der Waals surface area contributed by atoms with Gasteiger partial charge in [-0.25, -0.2) is 0 Å². The van der Waals surface area contributed by atoms with E-state index in [0.717, 1.165) is 0 Å². The van der Waals surface area contributed by atoms with Gasteiger partial charge in [-0.1, -0.05) is 46.4 Å². The average molecular weight is 283 g/mol. The molecule has 0 fully saturated rings. The number of benzene rings is 1. The molecule has 1 heterocycles. The van der Waals surface area contributed by atoms with Crippen LogP contribution >= 0.6 is 46.4 Å². The minimum atomic E-state index is -0.389. The van der Waals surface area contributed by atoms with E-state index in [1.165, 1.54) is 12.3 Å². The van der Waals surface area contributed by atoms with E-state index in [0.29, 0.717) is 10.5 Å². The van der Waals surface area contributed by atoms with Gasteiger partial charge < -0.3 is 4.98 Å². The predicted molar refractivity (Wildman–Crippen MR) is 64.6 cm³/mol. The summed E-state index contributed by atoms with van der Waals surface area (Å²) in [6, 6.07) is 1.47. The van der Waals surface area contributed by atoms with Crippen LogP contribution in [0, 0.1) is 0 Å². The lowest BCUT2D eigenvalue weighted by Gasteiger charge is -2.04. The number of halogens is 4. The van der Waals surface area contributed by atoms with E-state index in [9.17, 15) is 4.79 Å². The van der Waals surface area contributed by atoms with Gasteiger partial charge in [0.2, 0.25) is 5.43 Å².